The Hall–Kier alpha value is -0.900. The summed E-state index contributed by atoms with van der Waals surface area (Å²) in [5.41, 5.74) is 0. The van der Waals surface area contributed by atoms with E-state index >= 15 is 0 Å². The fraction of sp³-hybridized carbons (Fsp3) is 0.818. The summed E-state index contributed by atoms with van der Waals surface area (Å²) in [6.07, 6.45) is 1.31. The number of hydrogen-bond donors (Lipinski definition) is 1. The van der Waals surface area contributed by atoms with Gasteiger partial charge in [0.1, 0.15) is 5.78 Å². The normalized spacial score (nSPS) is 25.8. The van der Waals surface area contributed by atoms with Gasteiger partial charge in [0.05, 0.1) is 12.0 Å². The Kier molecular flexibility index (Phi) is 4.27. The molecule has 15 heavy (non-hydrogen) atoms. The van der Waals surface area contributed by atoms with Gasteiger partial charge in [-0.3, -0.25) is 9.59 Å². The van der Waals surface area contributed by atoms with Crippen molar-refractivity contribution in [1.29, 1.82) is 0 Å². The highest BCUT2D eigenvalue weighted by molar-refractivity contribution is 5.83. The summed E-state index contributed by atoms with van der Waals surface area (Å²) >= 11 is 0. The molecule has 0 heterocycles. The van der Waals surface area contributed by atoms with Crippen LogP contribution >= 0.6 is 0 Å². The summed E-state index contributed by atoms with van der Waals surface area (Å²) in [5, 5.41) is 2.82. The number of rotatable bonds is 6. The maximum Gasteiger partial charge on any atom is 0.226 e. The lowest BCUT2D eigenvalue weighted by atomic mass is 10.2. The highest BCUT2D eigenvalue weighted by atomic mass is 16.5. The molecule has 0 bridgehead atoms. The number of amides is 1. The first-order valence-corrected chi connectivity index (χ1v) is 5.46. The first-order valence-electron chi connectivity index (χ1n) is 5.46. The SMILES string of the molecule is CCOC1CC1C(=O)NC(C)CC(C)=O. The molecule has 0 aromatic rings. The molecule has 4 nitrogen and oxygen atoms in total. The summed E-state index contributed by atoms with van der Waals surface area (Å²) in [6.45, 7) is 5.95. The van der Waals surface area contributed by atoms with Crippen molar-refractivity contribution in [1.82, 2.24) is 5.32 Å². The summed E-state index contributed by atoms with van der Waals surface area (Å²) in [4.78, 5) is 22.4. The van der Waals surface area contributed by atoms with Crippen LogP contribution in [0.5, 0.6) is 0 Å². The monoisotopic (exact) mass is 213 g/mol. The molecule has 0 aliphatic heterocycles. The van der Waals surface area contributed by atoms with Gasteiger partial charge in [0.25, 0.3) is 0 Å². The van der Waals surface area contributed by atoms with E-state index in [2.05, 4.69) is 5.32 Å². The van der Waals surface area contributed by atoms with Gasteiger partial charge in [-0.2, -0.15) is 0 Å². The van der Waals surface area contributed by atoms with Crippen molar-refractivity contribution in [2.24, 2.45) is 5.92 Å². The molecule has 3 unspecified atom stereocenters. The first-order chi connectivity index (χ1) is 7.04. The van der Waals surface area contributed by atoms with Crippen LogP contribution in [0.4, 0.5) is 0 Å². The summed E-state index contributed by atoms with van der Waals surface area (Å²) < 4.78 is 5.32. The molecule has 1 saturated carbocycles. The third kappa shape index (κ3) is 4.00. The van der Waals surface area contributed by atoms with Crippen LogP contribution in [0.1, 0.15) is 33.6 Å². The predicted octanol–water partition coefficient (Wildman–Crippen LogP) is 0.895. The molecule has 1 N–H and O–H groups in total. The Morgan fingerprint density at radius 3 is 2.73 bits per heavy atom. The van der Waals surface area contributed by atoms with Crippen LogP contribution in [-0.4, -0.2) is 30.4 Å². The average molecular weight is 213 g/mol. The van der Waals surface area contributed by atoms with Crippen LogP contribution in [0.3, 0.4) is 0 Å². The van der Waals surface area contributed by atoms with Crippen molar-refractivity contribution < 1.29 is 14.3 Å². The van der Waals surface area contributed by atoms with E-state index in [1.807, 2.05) is 13.8 Å². The van der Waals surface area contributed by atoms with Crippen LogP contribution in [0.15, 0.2) is 0 Å². The van der Waals surface area contributed by atoms with Gasteiger partial charge in [-0.1, -0.05) is 0 Å². The van der Waals surface area contributed by atoms with E-state index in [1.54, 1.807) is 0 Å². The fourth-order valence-electron chi connectivity index (χ4n) is 1.68. The van der Waals surface area contributed by atoms with Crippen LogP contribution in [0.2, 0.25) is 0 Å². The van der Waals surface area contributed by atoms with Crippen LogP contribution in [0, 0.1) is 5.92 Å². The molecule has 0 aromatic heterocycles. The number of ketones is 1. The van der Waals surface area contributed by atoms with Crippen LogP contribution in [-0.2, 0) is 14.3 Å². The Bertz CT molecular complexity index is 252. The minimum Gasteiger partial charge on any atom is -0.378 e. The topological polar surface area (TPSA) is 55.4 Å². The van der Waals surface area contributed by atoms with Crippen molar-refractivity contribution in [3.05, 3.63) is 0 Å². The highest BCUT2D eigenvalue weighted by Crippen LogP contribution is 2.33. The van der Waals surface area contributed by atoms with Gasteiger partial charge in [0.15, 0.2) is 0 Å². The molecular weight excluding hydrogens is 194 g/mol. The maximum atomic E-state index is 11.6. The summed E-state index contributed by atoms with van der Waals surface area (Å²) in [7, 11) is 0. The molecule has 1 aliphatic rings. The molecule has 1 amide bonds. The molecule has 1 fully saturated rings. The van der Waals surface area contributed by atoms with Crippen molar-refractivity contribution in [3.8, 4) is 0 Å². The molecule has 86 valence electrons. The van der Waals surface area contributed by atoms with Crippen molar-refractivity contribution >= 4 is 11.7 Å². The molecule has 3 atom stereocenters. The minimum atomic E-state index is -0.0714. The fourth-order valence-corrected chi connectivity index (χ4v) is 1.68. The van der Waals surface area contributed by atoms with E-state index in [1.165, 1.54) is 6.92 Å². The second kappa shape index (κ2) is 5.26. The molecule has 0 saturated heterocycles. The largest absolute Gasteiger partial charge is 0.378 e. The van der Waals surface area contributed by atoms with E-state index in [0.717, 1.165) is 6.42 Å². The lowest BCUT2D eigenvalue weighted by Gasteiger charge is -2.11. The van der Waals surface area contributed by atoms with Crippen molar-refractivity contribution in [2.75, 3.05) is 6.61 Å². The Morgan fingerprint density at radius 1 is 1.53 bits per heavy atom. The number of Topliss-reactive ketones (excluding diaryl/α,β-unsaturated/α-hetero) is 1. The van der Waals surface area contributed by atoms with E-state index in [4.69, 9.17) is 4.74 Å². The smallest absolute Gasteiger partial charge is 0.226 e. The zero-order valence-corrected chi connectivity index (χ0v) is 9.58. The maximum absolute atomic E-state index is 11.6. The van der Waals surface area contributed by atoms with Crippen molar-refractivity contribution in [2.45, 2.75) is 45.8 Å². The van der Waals surface area contributed by atoms with Gasteiger partial charge in [-0.05, 0) is 27.2 Å². The van der Waals surface area contributed by atoms with Gasteiger partial charge in [0.2, 0.25) is 5.91 Å². The Morgan fingerprint density at radius 2 is 2.20 bits per heavy atom. The quantitative estimate of drug-likeness (QED) is 0.713. The summed E-state index contributed by atoms with van der Waals surface area (Å²) in [5.74, 6) is 0.113. The molecule has 4 heteroatoms. The number of carbonyl (C=O) groups excluding carboxylic acids is 2. The first kappa shape index (κ1) is 12.2. The molecular formula is C11H19NO3. The van der Waals surface area contributed by atoms with Crippen molar-refractivity contribution in [3.63, 3.8) is 0 Å². The van der Waals surface area contributed by atoms with Gasteiger partial charge in [0, 0.05) is 19.1 Å². The van der Waals surface area contributed by atoms with E-state index in [-0.39, 0.29) is 29.8 Å². The third-order valence-electron chi connectivity index (χ3n) is 2.43. The van der Waals surface area contributed by atoms with Gasteiger partial charge in [-0.15, -0.1) is 0 Å². The zero-order valence-electron chi connectivity index (χ0n) is 9.58. The summed E-state index contributed by atoms with van der Waals surface area (Å²) in [6, 6.07) is -0.0714. The zero-order chi connectivity index (χ0) is 11.4. The second-order valence-corrected chi connectivity index (χ2v) is 4.15. The lowest BCUT2D eigenvalue weighted by molar-refractivity contribution is -0.124. The Balaban J connectivity index is 2.22. The minimum absolute atomic E-state index is 0.000594. The lowest BCUT2D eigenvalue weighted by Crippen LogP contribution is -2.35. The second-order valence-electron chi connectivity index (χ2n) is 4.15. The van der Waals surface area contributed by atoms with Crippen LogP contribution in [0.25, 0.3) is 0 Å². The van der Waals surface area contributed by atoms with Crippen LogP contribution < -0.4 is 5.32 Å². The number of nitrogens with one attached hydrogen (secondary N) is 1. The predicted molar refractivity (Wildman–Crippen MR) is 56.4 cm³/mol. The van der Waals surface area contributed by atoms with Gasteiger partial charge < -0.3 is 10.1 Å². The number of hydrogen-bond acceptors (Lipinski definition) is 3. The van der Waals surface area contributed by atoms with E-state index < -0.39 is 0 Å². The molecule has 1 rings (SSSR count). The van der Waals surface area contributed by atoms with Gasteiger partial charge >= 0.3 is 0 Å². The highest BCUT2D eigenvalue weighted by Gasteiger charge is 2.44. The molecule has 0 aromatic carbocycles. The standard InChI is InChI=1S/C11H19NO3/c1-4-15-10-6-9(10)11(14)12-7(2)5-8(3)13/h7,9-10H,4-6H2,1-3H3,(H,12,14). The number of carbonyl (C=O) groups is 2. The third-order valence-corrected chi connectivity index (χ3v) is 2.43. The van der Waals surface area contributed by atoms with Gasteiger partial charge in [-0.25, -0.2) is 0 Å². The van der Waals surface area contributed by atoms with E-state index in [0.29, 0.717) is 13.0 Å². The molecule has 0 spiro atoms. The number of ether oxygens (including phenoxy) is 1. The van der Waals surface area contributed by atoms with E-state index in [9.17, 15) is 9.59 Å². The molecule has 1 aliphatic carbocycles. The average Bonchev–Trinajstić information content (AvgIpc) is 2.82. The Labute approximate surface area is 90.4 Å². The molecule has 0 radical (unpaired) electrons.